The minimum Gasteiger partial charge on any atom is -0.369 e. The van der Waals surface area contributed by atoms with E-state index in [1.54, 1.807) is 25.1 Å². The molecule has 17 heavy (non-hydrogen) atoms. The van der Waals surface area contributed by atoms with E-state index in [0.717, 1.165) is 5.56 Å². The van der Waals surface area contributed by atoms with Gasteiger partial charge in [0.2, 0.25) is 5.91 Å². The molecule has 1 aromatic rings. The largest absolute Gasteiger partial charge is 0.369 e. The SMILES string of the molecule is CCCS(=O)(=O)c1ccc(C)cc1CC(N)=O. The van der Waals surface area contributed by atoms with Crippen LogP contribution >= 0.6 is 0 Å². The zero-order valence-corrected chi connectivity index (χ0v) is 10.9. The first-order valence-corrected chi connectivity index (χ1v) is 7.12. The number of hydrogen-bond donors (Lipinski definition) is 1. The second-order valence-corrected chi connectivity index (χ2v) is 6.15. The smallest absolute Gasteiger partial charge is 0.221 e. The number of amides is 1. The standard InChI is InChI=1S/C12H17NO3S/c1-3-6-17(15,16)11-5-4-9(2)7-10(11)8-12(13)14/h4-5,7H,3,6,8H2,1-2H3,(H2,13,14). The van der Waals surface area contributed by atoms with Gasteiger partial charge < -0.3 is 5.73 Å². The molecule has 0 atom stereocenters. The summed E-state index contributed by atoms with van der Waals surface area (Å²) >= 11 is 0. The third kappa shape index (κ3) is 3.56. The number of nitrogens with two attached hydrogens (primary N) is 1. The van der Waals surface area contributed by atoms with E-state index < -0.39 is 15.7 Å². The number of rotatable bonds is 5. The maximum Gasteiger partial charge on any atom is 0.221 e. The molecule has 1 rings (SSSR count). The Bertz CT molecular complexity index is 521. The number of hydrogen-bond acceptors (Lipinski definition) is 3. The Balaban J connectivity index is 3.28. The van der Waals surface area contributed by atoms with Gasteiger partial charge in [0.1, 0.15) is 0 Å². The Morgan fingerprint density at radius 1 is 1.35 bits per heavy atom. The number of carbonyl (C=O) groups excluding carboxylic acids is 1. The number of aryl methyl sites for hydroxylation is 1. The summed E-state index contributed by atoms with van der Waals surface area (Å²) in [7, 11) is -3.31. The Labute approximate surface area is 102 Å². The molecule has 0 saturated heterocycles. The molecule has 0 aromatic heterocycles. The van der Waals surface area contributed by atoms with E-state index in [2.05, 4.69) is 0 Å². The quantitative estimate of drug-likeness (QED) is 0.859. The van der Waals surface area contributed by atoms with Crippen molar-refractivity contribution in [1.29, 1.82) is 0 Å². The summed E-state index contributed by atoms with van der Waals surface area (Å²) in [4.78, 5) is 11.2. The fraction of sp³-hybridized carbons (Fsp3) is 0.417. The van der Waals surface area contributed by atoms with Crippen LogP contribution in [0.15, 0.2) is 23.1 Å². The van der Waals surface area contributed by atoms with Crippen molar-refractivity contribution in [3.8, 4) is 0 Å². The molecule has 4 nitrogen and oxygen atoms in total. The van der Waals surface area contributed by atoms with Gasteiger partial charge in [-0.3, -0.25) is 4.79 Å². The minimum atomic E-state index is -3.31. The summed E-state index contributed by atoms with van der Waals surface area (Å²) in [6, 6.07) is 4.99. The highest BCUT2D eigenvalue weighted by atomic mass is 32.2. The molecule has 0 unspecified atom stereocenters. The third-order valence-corrected chi connectivity index (χ3v) is 4.40. The molecule has 1 aromatic carbocycles. The maximum absolute atomic E-state index is 12.0. The zero-order chi connectivity index (χ0) is 13.1. The van der Waals surface area contributed by atoms with Gasteiger partial charge in [-0.2, -0.15) is 0 Å². The van der Waals surface area contributed by atoms with Crippen molar-refractivity contribution in [2.45, 2.75) is 31.6 Å². The average molecular weight is 255 g/mol. The topological polar surface area (TPSA) is 77.2 Å². The van der Waals surface area contributed by atoms with Crippen LogP contribution in [0.3, 0.4) is 0 Å². The second kappa shape index (κ2) is 5.31. The first kappa shape index (κ1) is 13.7. The summed E-state index contributed by atoms with van der Waals surface area (Å²) in [5, 5.41) is 0. The molecule has 0 fully saturated rings. The van der Waals surface area contributed by atoms with Crippen molar-refractivity contribution in [2.75, 3.05) is 5.75 Å². The van der Waals surface area contributed by atoms with Gasteiger partial charge in [-0.15, -0.1) is 0 Å². The van der Waals surface area contributed by atoms with Crippen molar-refractivity contribution < 1.29 is 13.2 Å². The van der Waals surface area contributed by atoms with Crippen molar-refractivity contribution >= 4 is 15.7 Å². The van der Waals surface area contributed by atoms with Crippen molar-refractivity contribution in [1.82, 2.24) is 0 Å². The van der Waals surface area contributed by atoms with Crippen LogP contribution < -0.4 is 5.73 Å². The average Bonchev–Trinajstić information content (AvgIpc) is 2.15. The van der Waals surface area contributed by atoms with Crippen LogP contribution in [0.5, 0.6) is 0 Å². The maximum atomic E-state index is 12.0. The molecule has 5 heteroatoms. The molecule has 0 heterocycles. The van der Waals surface area contributed by atoms with Crippen LogP contribution in [0.25, 0.3) is 0 Å². The van der Waals surface area contributed by atoms with Crippen molar-refractivity contribution in [2.24, 2.45) is 5.73 Å². The van der Waals surface area contributed by atoms with Crippen LogP contribution in [-0.4, -0.2) is 20.1 Å². The lowest BCUT2D eigenvalue weighted by molar-refractivity contribution is -0.117. The van der Waals surface area contributed by atoms with Gasteiger partial charge in [0.25, 0.3) is 0 Å². The summed E-state index contributed by atoms with van der Waals surface area (Å²) in [5.74, 6) is -0.439. The Hall–Kier alpha value is -1.36. The van der Waals surface area contributed by atoms with Gasteiger partial charge in [0.05, 0.1) is 17.1 Å². The lowest BCUT2D eigenvalue weighted by Crippen LogP contribution is -2.17. The molecule has 1 amide bonds. The summed E-state index contributed by atoms with van der Waals surface area (Å²) in [6.07, 6.45) is 0.506. The Morgan fingerprint density at radius 2 is 2.00 bits per heavy atom. The number of primary amides is 1. The van der Waals surface area contributed by atoms with E-state index in [1.165, 1.54) is 0 Å². The molecule has 0 radical (unpaired) electrons. The molecule has 0 spiro atoms. The second-order valence-electron chi connectivity index (χ2n) is 4.07. The molecule has 2 N–H and O–H groups in total. The monoisotopic (exact) mass is 255 g/mol. The van der Waals surface area contributed by atoms with Gasteiger partial charge >= 0.3 is 0 Å². The third-order valence-electron chi connectivity index (χ3n) is 2.39. The van der Waals surface area contributed by atoms with E-state index in [9.17, 15) is 13.2 Å². The zero-order valence-electron chi connectivity index (χ0n) is 10.1. The first-order valence-electron chi connectivity index (χ1n) is 5.47. The van der Waals surface area contributed by atoms with Crippen LogP contribution in [0.1, 0.15) is 24.5 Å². The lowest BCUT2D eigenvalue weighted by Gasteiger charge is -2.09. The van der Waals surface area contributed by atoms with Crippen LogP contribution in [0, 0.1) is 6.92 Å². The van der Waals surface area contributed by atoms with Crippen LogP contribution in [0.2, 0.25) is 0 Å². The van der Waals surface area contributed by atoms with Crippen LogP contribution in [-0.2, 0) is 21.1 Å². The summed E-state index contributed by atoms with van der Waals surface area (Å²) in [5.41, 5.74) is 6.53. The Kier molecular flexibility index (Phi) is 4.28. The molecule has 0 aliphatic carbocycles. The van der Waals surface area contributed by atoms with Gasteiger partial charge in [-0.25, -0.2) is 8.42 Å². The number of carbonyl (C=O) groups is 1. The van der Waals surface area contributed by atoms with Gasteiger partial charge in [-0.1, -0.05) is 24.6 Å². The van der Waals surface area contributed by atoms with Crippen LogP contribution in [0.4, 0.5) is 0 Å². The molecular weight excluding hydrogens is 238 g/mol. The minimum absolute atomic E-state index is 0.0417. The van der Waals surface area contributed by atoms with E-state index in [-0.39, 0.29) is 17.1 Å². The highest BCUT2D eigenvalue weighted by Crippen LogP contribution is 2.20. The summed E-state index contributed by atoms with van der Waals surface area (Å²) < 4.78 is 24.0. The number of benzene rings is 1. The van der Waals surface area contributed by atoms with Gasteiger partial charge in [0.15, 0.2) is 9.84 Å². The van der Waals surface area contributed by atoms with Crippen molar-refractivity contribution in [3.63, 3.8) is 0 Å². The number of sulfone groups is 1. The summed E-state index contributed by atoms with van der Waals surface area (Å²) in [6.45, 7) is 3.65. The molecule has 0 saturated carbocycles. The molecule has 0 aliphatic rings. The normalized spacial score (nSPS) is 11.4. The van der Waals surface area contributed by atoms with E-state index in [4.69, 9.17) is 5.73 Å². The first-order chi connectivity index (χ1) is 7.86. The molecule has 94 valence electrons. The predicted octanol–water partition coefficient (Wildman–Crippen LogP) is 1.21. The highest BCUT2D eigenvalue weighted by Gasteiger charge is 2.18. The van der Waals surface area contributed by atoms with E-state index in [0.29, 0.717) is 12.0 Å². The van der Waals surface area contributed by atoms with Gasteiger partial charge in [-0.05, 0) is 25.0 Å². The van der Waals surface area contributed by atoms with E-state index >= 15 is 0 Å². The fourth-order valence-electron chi connectivity index (χ4n) is 1.72. The van der Waals surface area contributed by atoms with Crippen molar-refractivity contribution in [3.05, 3.63) is 29.3 Å². The van der Waals surface area contributed by atoms with Gasteiger partial charge in [0, 0.05) is 0 Å². The lowest BCUT2D eigenvalue weighted by atomic mass is 10.1. The highest BCUT2D eigenvalue weighted by molar-refractivity contribution is 7.91. The predicted molar refractivity (Wildman–Crippen MR) is 66.4 cm³/mol. The molecular formula is C12H17NO3S. The molecule has 0 bridgehead atoms. The Morgan fingerprint density at radius 3 is 2.53 bits per heavy atom. The van der Waals surface area contributed by atoms with E-state index in [1.807, 2.05) is 6.92 Å². The molecule has 0 aliphatic heterocycles. The fourth-order valence-corrected chi connectivity index (χ4v) is 3.28.